The van der Waals surface area contributed by atoms with E-state index in [1.54, 1.807) is 13.0 Å². The van der Waals surface area contributed by atoms with Crippen LogP contribution < -0.4 is 5.32 Å². The molecule has 1 aromatic rings. The lowest BCUT2D eigenvalue weighted by Gasteiger charge is -2.46. The molecule has 5 rings (SSSR count). The number of nitrogens with one attached hydrogen (secondary N) is 1. The molecule has 2 saturated heterocycles. The fourth-order valence-corrected chi connectivity index (χ4v) is 6.50. The van der Waals surface area contributed by atoms with E-state index >= 15 is 0 Å². The number of Topliss-reactive ketones (excluding diaryl/α,β-unsaturated/α-hetero) is 1. The van der Waals surface area contributed by atoms with Crippen LogP contribution in [0.15, 0.2) is 54.1 Å². The average molecular weight is 464 g/mol. The number of rotatable bonds is 2. The molecule has 34 heavy (non-hydrogen) atoms. The summed E-state index contributed by atoms with van der Waals surface area (Å²) in [7, 11) is 0. The van der Waals surface area contributed by atoms with Crippen LogP contribution in [0.2, 0.25) is 0 Å². The van der Waals surface area contributed by atoms with E-state index in [1.165, 1.54) is 0 Å². The van der Waals surface area contributed by atoms with Crippen LogP contribution in [0.1, 0.15) is 46.1 Å². The van der Waals surface area contributed by atoms with Crippen molar-refractivity contribution < 1.29 is 23.9 Å². The minimum absolute atomic E-state index is 0.00768. The first-order valence-corrected chi connectivity index (χ1v) is 12.3. The highest BCUT2D eigenvalue weighted by Crippen LogP contribution is 2.63. The standard InChI is InChI=1S/C28H33NO5/c1-16-9-8-12-20-25-27(4,34-25)18(3)23-21(15-19-10-6-5-7-11-19)29-26(32)28(20,23)33-22(30)14-13-17(2)24(16)31/h5-8,10-13,16,18,20-21,23,25H,9,14-15H2,1-4H3,(H,29,32)/b12-8-,17-13-/t16-,18+,20-,21-,23+,25-,27+,28+/m1/s1. The molecule has 4 aliphatic rings. The van der Waals surface area contributed by atoms with Crippen molar-refractivity contribution in [3.8, 4) is 0 Å². The number of carbonyl (C=O) groups is 3. The Labute approximate surface area is 200 Å². The molecule has 1 aromatic carbocycles. The van der Waals surface area contributed by atoms with E-state index in [0.29, 0.717) is 18.4 Å². The Morgan fingerprint density at radius 2 is 1.85 bits per heavy atom. The van der Waals surface area contributed by atoms with Gasteiger partial charge < -0.3 is 14.8 Å². The summed E-state index contributed by atoms with van der Waals surface area (Å²) in [5, 5.41) is 3.21. The van der Waals surface area contributed by atoms with Crippen LogP contribution in [-0.4, -0.2) is 41.0 Å². The van der Waals surface area contributed by atoms with Gasteiger partial charge in [0.2, 0.25) is 5.60 Å². The van der Waals surface area contributed by atoms with Gasteiger partial charge in [0.25, 0.3) is 5.91 Å². The van der Waals surface area contributed by atoms with Crippen LogP contribution in [0.4, 0.5) is 0 Å². The van der Waals surface area contributed by atoms with E-state index in [4.69, 9.17) is 9.47 Å². The number of hydrogen-bond donors (Lipinski definition) is 1. The van der Waals surface area contributed by atoms with Crippen LogP contribution >= 0.6 is 0 Å². The monoisotopic (exact) mass is 463 g/mol. The van der Waals surface area contributed by atoms with Gasteiger partial charge >= 0.3 is 5.97 Å². The van der Waals surface area contributed by atoms with E-state index in [2.05, 4.69) is 31.3 Å². The van der Waals surface area contributed by atoms with Crippen molar-refractivity contribution in [3.63, 3.8) is 0 Å². The van der Waals surface area contributed by atoms with Crippen molar-refractivity contribution >= 4 is 17.7 Å². The summed E-state index contributed by atoms with van der Waals surface area (Å²) in [4.78, 5) is 39.5. The summed E-state index contributed by atoms with van der Waals surface area (Å²) in [5.41, 5.74) is -0.0388. The Balaban J connectivity index is 1.58. The quantitative estimate of drug-likeness (QED) is 0.412. The van der Waals surface area contributed by atoms with Gasteiger partial charge in [-0.3, -0.25) is 14.4 Å². The van der Waals surface area contributed by atoms with Crippen LogP contribution in [0, 0.1) is 23.7 Å². The lowest BCUT2D eigenvalue weighted by atomic mass is 9.59. The molecule has 8 atom stereocenters. The first-order valence-electron chi connectivity index (χ1n) is 12.3. The first kappa shape index (κ1) is 23.0. The number of ether oxygens (including phenoxy) is 2. The largest absolute Gasteiger partial charge is 0.448 e. The van der Waals surface area contributed by atoms with Crippen molar-refractivity contribution in [1.82, 2.24) is 5.32 Å². The van der Waals surface area contributed by atoms with Gasteiger partial charge in [0.05, 0.1) is 24.0 Å². The van der Waals surface area contributed by atoms with Gasteiger partial charge in [0.15, 0.2) is 5.78 Å². The van der Waals surface area contributed by atoms with Crippen LogP contribution in [-0.2, 0) is 30.3 Å². The van der Waals surface area contributed by atoms with E-state index in [-0.39, 0.29) is 53.6 Å². The number of amides is 1. The highest BCUT2D eigenvalue weighted by molar-refractivity contribution is 5.97. The van der Waals surface area contributed by atoms with E-state index in [0.717, 1.165) is 5.56 Å². The molecule has 1 aliphatic carbocycles. The molecule has 3 aliphatic heterocycles. The topological polar surface area (TPSA) is 85.0 Å². The minimum atomic E-state index is -1.33. The zero-order valence-corrected chi connectivity index (χ0v) is 20.2. The predicted octanol–water partition coefficient (Wildman–Crippen LogP) is 3.55. The molecule has 6 nitrogen and oxygen atoms in total. The molecule has 180 valence electrons. The molecular formula is C28H33NO5. The molecule has 0 aromatic heterocycles. The Bertz CT molecular complexity index is 1080. The van der Waals surface area contributed by atoms with E-state index < -0.39 is 17.5 Å². The summed E-state index contributed by atoms with van der Waals surface area (Å²) in [6.45, 7) is 7.83. The van der Waals surface area contributed by atoms with Crippen molar-refractivity contribution in [1.29, 1.82) is 0 Å². The van der Waals surface area contributed by atoms with Gasteiger partial charge in [-0.2, -0.15) is 0 Å². The summed E-state index contributed by atoms with van der Waals surface area (Å²) in [6, 6.07) is 9.89. The number of esters is 1. The predicted molar refractivity (Wildman–Crippen MR) is 127 cm³/mol. The number of ketones is 1. The summed E-state index contributed by atoms with van der Waals surface area (Å²) < 4.78 is 12.5. The van der Waals surface area contributed by atoms with Crippen molar-refractivity contribution in [2.24, 2.45) is 23.7 Å². The maximum atomic E-state index is 13.8. The first-order chi connectivity index (χ1) is 16.2. The Kier molecular flexibility index (Phi) is 5.55. The third-order valence-electron chi connectivity index (χ3n) is 8.58. The Morgan fingerprint density at radius 1 is 1.12 bits per heavy atom. The van der Waals surface area contributed by atoms with Gasteiger partial charge in [-0.05, 0) is 43.7 Å². The molecule has 1 saturated carbocycles. The molecule has 0 unspecified atom stereocenters. The second-order valence-corrected chi connectivity index (χ2v) is 10.6. The molecule has 6 heteroatoms. The molecule has 0 bridgehead atoms. The summed E-state index contributed by atoms with van der Waals surface area (Å²) in [5.74, 6) is -1.55. The van der Waals surface area contributed by atoms with Crippen LogP contribution in [0.25, 0.3) is 0 Å². The van der Waals surface area contributed by atoms with Gasteiger partial charge in [-0.15, -0.1) is 0 Å². The molecule has 3 heterocycles. The van der Waals surface area contributed by atoms with Crippen molar-refractivity contribution in [2.45, 2.75) is 70.3 Å². The smallest absolute Gasteiger partial charge is 0.310 e. The molecule has 0 radical (unpaired) electrons. The third kappa shape index (κ3) is 3.46. The number of benzene rings is 1. The average Bonchev–Trinajstić information content (AvgIpc) is 3.43. The number of carbonyl (C=O) groups excluding carboxylic acids is 3. The highest BCUT2D eigenvalue weighted by atomic mass is 16.6. The maximum absolute atomic E-state index is 13.8. The zero-order valence-electron chi connectivity index (χ0n) is 20.2. The molecule has 1 spiro atoms. The van der Waals surface area contributed by atoms with E-state index in [1.807, 2.05) is 37.3 Å². The lowest BCUT2D eigenvalue weighted by molar-refractivity contribution is -0.181. The van der Waals surface area contributed by atoms with Gasteiger partial charge in [0.1, 0.15) is 0 Å². The Morgan fingerprint density at radius 3 is 2.59 bits per heavy atom. The number of allylic oxidation sites excluding steroid dienone is 2. The SMILES string of the molecule is C/C1=C/CC(=O)O[C@]23C(=O)N[C@H](Cc4ccccc4)[C@@H]2[C@H](C)[C@]2(C)O[C@@H]2[C@H]3/C=C\C[C@@H](C)C1=O. The maximum Gasteiger partial charge on any atom is 0.310 e. The molecule has 3 fully saturated rings. The van der Waals surface area contributed by atoms with Crippen molar-refractivity contribution in [2.75, 3.05) is 0 Å². The summed E-state index contributed by atoms with van der Waals surface area (Å²) in [6.07, 6.45) is 6.53. The zero-order chi connectivity index (χ0) is 24.3. The van der Waals surface area contributed by atoms with Gasteiger partial charge in [-0.25, -0.2) is 0 Å². The lowest BCUT2D eigenvalue weighted by Crippen LogP contribution is -2.61. The summed E-state index contributed by atoms with van der Waals surface area (Å²) >= 11 is 0. The molecule has 1 amide bonds. The van der Waals surface area contributed by atoms with Crippen LogP contribution in [0.3, 0.4) is 0 Å². The second-order valence-electron chi connectivity index (χ2n) is 10.6. The third-order valence-corrected chi connectivity index (χ3v) is 8.58. The molecular weight excluding hydrogens is 430 g/mol. The van der Waals surface area contributed by atoms with Crippen molar-refractivity contribution in [3.05, 3.63) is 59.7 Å². The minimum Gasteiger partial charge on any atom is -0.448 e. The van der Waals surface area contributed by atoms with E-state index in [9.17, 15) is 14.4 Å². The number of fused-ring (bicyclic) bond motifs is 2. The van der Waals surface area contributed by atoms with Gasteiger partial charge in [0, 0.05) is 17.9 Å². The normalized spacial score (nSPS) is 44.1. The van der Waals surface area contributed by atoms with Crippen LogP contribution in [0.5, 0.6) is 0 Å². The fraction of sp³-hybridized carbons (Fsp3) is 0.536. The highest BCUT2D eigenvalue weighted by Gasteiger charge is 2.78. The molecule has 1 N–H and O–H groups in total. The van der Waals surface area contributed by atoms with Gasteiger partial charge in [-0.1, -0.05) is 62.4 Å². The fourth-order valence-electron chi connectivity index (χ4n) is 6.50. The Hall–Kier alpha value is -2.73. The number of epoxide rings is 1. The number of hydrogen-bond acceptors (Lipinski definition) is 5. The second kappa shape index (κ2) is 8.19.